The highest BCUT2D eigenvalue weighted by atomic mass is 16.5. The van der Waals surface area contributed by atoms with Crippen molar-refractivity contribution in [3.63, 3.8) is 0 Å². The van der Waals surface area contributed by atoms with Crippen molar-refractivity contribution in [2.24, 2.45) is 0 Å². The zero-order valence-electron chi connectivity index (χ0n) is 11.4. The Hall–Kier alpha value is -1.06. The van der Waals surface area contributed by atoms with Crippen LogP contribution in [-0.4, -0.2) is 29.9 Å². The second-order valence-electron chi connectivity index (χ2n) is 5.64. The number of piperidine rings is 1. The predicted molar refractivity (Wildman–Crippen MR) is 73.1 cm³/mol. The Balaban J connectivity index is 2.11. The van der Waals surface area contributed by atoms with Gasteiger partial charge in [-0.25, -0.2) is 0 Å². The summed E-state index contributed by atoms with van der Waals surface area (Å²) in [7, 11) is 0. The van der Waals surface area contributed by atoms with E-state index in [0.29, 0.717) is 12.5 Å². The summed E-state index contributed by atoms with van der Waals surface area (Å²) < 4.78 is 5.95. The molecule has 0 amide bonds. The topological polar surface area (TPSA) is 41.5 Å². The highest BCUT2D eigenvalue weighted by Crippen LogP contribution is 2.25. The normalized spacial score (nSPS) is 28.4. The molecule has 0 saturated carbocycles. The summed E-state index contributed by atoms with van der Waals surface area (Å²) >= 11 is 0. The molecule has 0 aliphatic carbocycles. The van der Waals surface area contributed by atoms with Gasteiger partial charge in [-0.05, 0) is 43.5 Å². The van der Waals surface area contributed by atoms with Crippen molar-refractivity contribution < 1.29 is 9.84 Å². The molecule has 1 aromatic rings. The number of aliphatic hydroxyl groups is 1. The molecule has 100 valence electrons. The number of rotatable bonds is 3. The van der Waals surface area contributed by atoms with Gasteiger partial charge in [-0.15, -0.1) is 0 Å². The van der Waals surface area contributed by atoms with Crippen LogP contribution in [0.25, 0.3) is 0 Å². The largest absolute Gasteiger partial charge is 0.486 e. The van der Waals surface area contributed by atoms with Crippen molar-refractivity contribution in [1.29, 1.82) is 0 Å². The van der Waals surface area contributed by atoms with Gasteiger partial charge in [0.1, 0.15) is 17.5 Å². The van der Waals surface area contributed by atoms with Gasteiger partial charge in [-0.2, -0.15) is 0 Å². The molecule has 0 bridgehead atoms. The molecule has 1 fully saturated rings. The fraction of sp³-hybridized carbons (Fsp3) is 0.600. The van der Waals surface area contributed by atoms with Crippen LogP contribution >= 0.6 is 0 Å². The summed E-state index contributed by atoms with van der Waals surface area (Å²) in [6.07, 6.45) is 0.537. The zero-order chi connectivity index (χ0) is 13.2. The fourth-order valence-corrected chi connectivity index (χ4v) is 2.24. The molecule has 1 heterocycles. The van der Waals surface area contributed by atoms with Crippen LogP contribution in [0.1, 0.15) is 38.7 Å². The third kappa shape index (κ3) is 3.03. The average molecular weight is 249 g/mol. The van der Waals surface area contributed by atoms with Gasteiger partial charge in [-0.3, -0.25) is 0 Å². The lowest BCUT2D eigenvalue weighted by Gasteiger charge is -2.37. The molecule has 0 spiro atoms. The Morgan fingerprint density at radius 1 is 1.44 bits per heavy atom. The maximum atomic E-state index is 10.3. The quantitative estimate of drug-likeness (QED) is 0.863. The number of ether oxygens (including phenoxy) is 1. The van der Waals surface area contributed by atoms with E-state index in [0.717, 1.165) is 18.7 Å². The fourth-order valence-electron chi connectivity index (χ4n) is 2.24. The summed E-state index contributed by atoms with van der Waals surface area (Å²) in [6.45, 7) is 7.72. The Morgan fingerprint density at radius 2 is 2.22 bits per heavy atom. The highest BCUT2D eigenvalue weighted by molar-refractivity contribution is 5.30. The summed E-state index contributed by atoms with van der Waals surface area (Å²) in [5.74, 6) is 1.33. The lowest BCUT2D eigenvalue weighted by atomic mass is 9.91. The third-order valence-corrected chi connectivity index (χ3v) is 3.63. The first-order chi connectivity index (χ1) is 8.49. The van der Waals surface area contributed by atoms with Gasteiger partial charge in [0, 0.05) is 6.54 Å². The minimum Gasteiger partial charge on any atom is -0.486 e. The number of nitrogens with one attached hydrogen (secondary N) is 1. The minimum absolute atomic E-state index is 0.186. The van der Waals surface area contributed by atoms with Gasteiger partial charge in [0.05, 0.1) is 0 Å². The highest BCUT2D eigenvalue weighted by Gasteiger charge is 2.36. The predicted octanol–water partition coefficient (Wildman–Crippen LogP) is 2.30. The molecular weight excluding hydrogens is 226 g/mol. The molecule has 3 heteroatoms. The first kappa shape index (κ1) is 13.4. The zero-order valence-corrected chi connectivity index (χ0v) is 11.4. The van der Waals surface area contributed by atoms with Gasteiger partial charge in [0.15, 0.2) is 0 Å². The third-order valence-electron chi connectivity index (χ3n) is 3.63. The van der Waals surface area contributed by atoms with E-state index in [4.69, 9.17) is 4.74 Å². The van der Waals surface area contributed by atoms with Gasteiger partial charge < -0.3 is 15.2 Å². The molecule has 1 saturated heterocycles. The summed E-state index contributed by atoms with van der Waals surface area (Å²) in [5.41, 5.74) is 0.509. The van der Waals surface area contributed by atoms with Crippen LogP contribution in [0.5, 0.6) is 5.75 Å². The van der Waals surface area contributed by atoms with Crippen molar-refractivity contribution in [3.8, 4) is 5.75 Å². The first-order valence-corrected chi connectivity index (χ1v) is 6.69. The van der Waals surface area contributed by atoms with E-state index < -0.39 is 5.60 Å². The molecule has 3 nitrogen and oxygen atoms in total. The lowest BCUT2D eigenvalue weighted by Crippen LogP contribution is -2.55. The van der Waals surface area contributed by atoms with Crippen LogP contribution < -0.4 is 10.1 Å². The van der Waals surface area contributed by atoms with E-state index in [1.165, 1.54) is 5.56 Å². The van der Waals surface area contributed by atoms with Gasteiger partial charge in [0.2, 0.25) is 0 Å². The standard InChI is InChI=1S/C15H23NO2/c1-11(2)12-5-4-6-13(9-12)18-14-10-16-8-7-15(14,3)17/h4-6,9,11,14,16-17H,7-8,10H2,1-3H3. The van der Waals surface area contributed by atoms with E-state index >= 15 is 0 Å². The van der Waals surface area contributed by atoms with Crippen molar-refractivity contribution >= 4 is 0 Å². The first-order valence-electron chi connectivity index (χ1n) is 6.69. The van der Waals surface area contributed by atoms with Gasteiger partial charge >= 0.3 is 0 Å². The van der Waals surface area contributed by atoms with E-state index in [-0.39, 0.29) is 6.10 Å². The molecule has 0 aromatic heterocycles. The van der Waals surface area contributed by atoms with Crippen molar-refractivity contribution in [1.82, 2.24) is 5.32 Å². The van der Waals surface area contributed by atoms with Crippen LogP contribution in [0, 0.1) is 0 Å². The molecule has 1 aliphatic heterocycles. The van der Waals surface area contributed by atoms with E-state index in [1.807, 2.05) is 19.1 Å². The molecule has 2 N–H and O–H groups in total. The maximum absolute atomic E-state index is 10.3. The molecule has 2 unspecified atom stereocenters. The molecule has 1 aliphatic rings. The Bertz CT molecular complexity index is 401. The van der Waals surface area contributed by atoms with Crippen LogP contribution in [0.4, 0.5) is 0 Å². The molecule has 1 aromatic carbocycles. The van der Waals surface area contributed by atoms with Crippen molar-refractivity contribution in [2.75, 3.05) is 13.1 Å². The van der Waals surface area contributed by atoms with Gasteiger partial charge in [-0.1, -0.05) is 26.0 Å². The second-order valence-corrected chi connectivity index (χ2v) is 5.64. The smallest absolute Gasteiger partial charge is 0.139 e. The molecule has 2 atom stereocenters. The minimum atomic E-state index is -0.751. The monoisotopic (exact) mass is 249 g/mol. The maximum Gasteiger partial charge on any atom is 0.139 e. The van der Waals surface area contributed by atoms with Crippen LogP contribution in [-0.2, 0) is 0 Å². The van der Waals surface area contributed by atoms with Crippen LogP contribution in [0.2, 0.25) is 0 Å². The summed E-state index contributed by atoms with van der Waals surface area (Å²) in [5, 5.41) is 13.6. The van der Waals surface area contributed by atoms with E-state index in [1.54, 1.807) is 0 Å². The van der Waals surface area contributed by atoms with Gasteiger partial charge in [0.25, 0.3) is 0 Å². The Kier molecular flexibility index (Phi) is 3.93. The number of hydrogen-bond donors (Lipinski definition) is 2. The van der Waals surface area contributed by atoms with Crippen LogP contribution in [0.15, 0.2) is 24.3 Å². The van der Waals surface area contributed by atoms with Crippen molar-refractivity contribution in [2.45, 2.75) is 44.8 Å². The summed E-state index contributed by atoms with van der Waals surface area (Å²) in [6, 6.07) is 8.14. The number of hydrogen-bond acceptors (Lipinski definition) is 3. The van der Waals surface area contributed by atoms with Crippen molar-refractivity contribution in [3.05, 3.63) is 29.8 Å². The van der Waals surface area contributed by atoms with E-state index in [9.17, 15) is 5.11 Å². The van der Waals surface area contributed by atoms with Crippen LogP contribution in [0.3, 0.4) is 0 Å². The average Bonchev–Trinajstić information content (AvgIpc) is 2.32. The summed E-state index contributed by atoms with van der Waals surface area (Å²) in [4.78, 5) is 0. The lowest BCUT2D eigenvalue weighted by molar-refractivity contribution is -0.0658. The second kappa shape index (κ2) is 5.29. The molecule has 0 radical (unpaired) electrons. The molecule has 18 heavy (non-hydrogen) atoms. The Labute approximate surface area is 109 Å². The Morgan fingerprint density at radius 3 is 2.89 bits per heavy atom. The molecular formula is C15H23NO2. The molecule has 2 rings (SSSR count). The SMILES string of the molecule is CC(C)c1cccc(OC2CNCCC2(C)O)c1. The van der Waals surface area contributed by atoms with E-state index in [2.05, 4.69) is 31.3 Å². The number of benzene rings is 1.